The molecule has 224 valence electrons. The zero-order valence-corrected chi connectivity index (χ0v) is 25.3. The zero-order valence-electron chi connectivity index (χ0n) is 24.4. The van der Waals surface area contributed by atoms with Gasteiger partial charge in [-0.05, 0) is 65.2 Å². The Labute approximate surface area is 252 Å². The van der Waals surface area contributed by atoms with Crippen LogP contribution in [-0.2, 0) is 14.6 Å². The molecule has 10 nitrogen and oxygen atoms in total. The Balaban J connectivity index is 1.40. The van der Waals surface area contributed by atoms with E-state index in [4.69, 9.17) is 10.7 Å². The van der Waals surface area contributed by atoms with Crippen LogP contribution >= 0.6 is 0 Å². The van der Waals surface area contributed by atoms with Gasteiger partial charge in [0.05, 0.1) is 28.8 Å². The smallest absolute Gasteiger partial charge is 0.229 e. The van der Waals surface area contributed by atoms with Gasteiger partial charge in [0.2, 0.25) is 5.91 Å². The summed E-state index contributed by atoms with van der Waals surface area (Å²) in [7, 11) is -3.63. The standard InChI is InChI=1S/C32H30FN7O3S/c1-32(2,3)31(41)36-21-13-19(15-35-16-21)24-8-9-26-28(38-24)29(40-39-26)27-14-23-22(6-5-7-25(23)37-27)17-10-18(12-20(33)11-17)30(34)44(4,42)43/h5-16,30,37H,34H2,1-4H3,(H,36,41)(H,39,40). The maximum absolute atomic E-state index is 14.7. The van der Waals surface area contributed by atoms with E-state index in [1.54, 1.807) is 18.5 Å². The molecule has 0 fully saturated rings. The van der Waals surface area contributed by atoms with Crippen molar-refractivity contribution in [1.29, 1.82) is 0 Å². The Morgan fingerprint density at radius 3 is 2.55 bits per heavy atom. The molecule has 0 spiro atoms. The Bertz CT molecular complexity index is 2180. The van der Waals surface area contributed by atoms with Gasteiger partial charge < -0.3 is 16.0 Å². The minimum absolute atomic E-state index is 0.122. The molecule has 6 aromatic rings. The van der Waals surface area contributed by atoms with Crippen LogP contribution in [0.5, 0.6) is 0 Å². The number of fused-ring (bicyclic) bond motifs is 2. The van der Waals surface area contributed by atoms with Crippen LogP contribution in [0.15, 0.2) is 73.1 Å². The normalized spacial score (nSPS) is 13.0. The number of amides is 1. The highest BCUT2D eigenvalue weighted by molar-refractivity contribution is 7.90. The number of benzene rings is 2. The lowest BCUT2D eigenvalue weighted by Crippen LogP contribution is -2.27. The molecular formula is C32H30FN7O3S. The number of nitrogens with two attached hydrogens (primary N) is 1. The van der Waals surface area contributed by atoms with Gasteiger partial charge >= 0.3 is 0 Å². The number of carbonyl (C=O) groups excluding carboxylic acids is 1. The fourth-order valence-electron chi connectivity index (χ4n) is 4.93. The van der Waals surface area contributed by atoms with Crippen LogP contribution in [0.2, 0.25) is 0 Å². The summed E-state index contributed by atoms with van der Waals surface area (Å²) >= 11 is 0. The predicted octanol–water partition coefficient (Wildman–Crippen LogP) is 5.96. The van der Waals surface area contributed by atoms with Crippen LogP contribution in [0.3, 0.4) is 0 Å². The van der Waals surface area contributed by atoms with E-state index in [1.807, 2.05) is 63.2 Å². The highest BCUT2D eigenvalue weighted by Crippen LogP contribution is 2.36. The van der Waals surface area contributed by atoms with Gasteiger partial charge in [-0.3, -0.25) is 14.9 Å². The van der Waals surface area contributed by atoms with E-state index in [9.17, 15) is 17.6 Å². The summed E-state index contributed by atoms with van der Waals surface area (Å²) in [4.78, 5) is 25.1. The minimum Gasteiger partial charge on any atom is -0.353 e. The summed E-state index contributed by atoms with van der Waals surface area (Å²) in [6.07, 6.45) is 4.29. The van der Waals surface area contributed by atoms with E-state index in [2.05, 4.69) is 25.5 Å². The van der Waals surface area contributed by atoms with Crippen molar-refractivity contribution in [3.05, 3.63) is 84.4 Å². The number of hydrogen-bond acceptors (Lipinski definition) is 7. The molecule has 0 bridgehead atoms. The third kappa shape index (κ3) is 5.56. The minimum atomic E-state index is -3.63. The molecule has 44 heavy (non-hydrogen) atoms. The highest BCUT2D eigenvalue weighted by Gasteiger charge is 2.22. The van der Waals surface area contributed by atoms with E-state index < -0.39 is 26.4 Å². The molecule has 5 N–H and O–H groups in total. The zero-order chi connectivity index (χ0) is 31.4. The molecular weight excluding hydrogens is 581 g/mol. The molecule has 0 aliphatic rings. The molecule has 1 atom stereocenters. The van der Waals surface area contributed by atoms with Crippen LogP contribution in [0.1, 0.15) is 31.7 Å². The van der Waals surface area contributed by atoms with Gasteiger partial charge in [-0.1, -0.05) is 32.9 Å². The Morgan fingerprint density at radius 2 is 1.80 bits per heavy atom. The molecule has 12 heteroatoms. The first-order valence-electron chi connectivity index (χ1n) is 13.8. The third-order valence-electron chi connectivity index (χ3n) is 7.32. The van der Waals surface area contributed by atoms with Crippen molar-refractivity contribution in [3.63, 3.8) is 0 Å². The number of nitrogens with one attached hydrogen (secondary N) is 3. The molecule has 4 heterocycles. The molecule has 4 aromatic heterocycles. The Morgan fingerprint density at radius 1 is 1.00 bits per heavy atom. The van der Waals surface area contributed by atoms with Gasteiger partial charge in [-0.25, -0.2) is 17.8 Å². The first-order valence-corrected chi connectivity index (χ1v) is 15.7. The van der Waals surface area contributed by atoms with E-state index in [-0.39, 0.29) is 11.5 Å². The van der Waals surface area contributed by atoms with E-state index >= 15 is 0 Å². The largest absolute Gasteiger partial charge is 0.353 e. The molecule has 1 unspecified atom stereocenters. The monoisotopic (exact) mass is 611 g/mol. The third-order valence-corrected chi connectivity index (χ3v) is 8.52. The lowest BCUT2D eigenvalue weighted by atomic mass is 9.95. The SMILES string of the molecule is CC(C)(C)C(=O)Nc1cncc(-c2ccc3[nH]nc(-c4cc5c(-c6cc(F)cc(C(N)S(C)(=O)=O)c6)cccc5[nH]4)c3n2)c1. The number of rotatable bonds is 6. The van der Waals surface area contributed by atoms with Crippen molar-refractivity contribution in [2.24, 2.45) is 11.1 Å². The topological polar surface area (TPSA) is 160 Å². The number of nitrogens with zero attached hydrogens (tertiary/aromatic N) is 3. The summed E-state index contributed by atoms with van der Waals surface area (Å²) in [5.41, 5.74) is 12.0. The number of carbonyl (C=O) groups is 1. The molecule has 0 radical (unpaired) electrons. The van der Waals surface area contributed by atoms with Crippen molar-refractivity contribution in [3.8, 4) is 33.8 Å². The van der Waals surface area contributed by atoms with Gasteiger partial charge in [-0.15, -0.1) is 0 Å². The summed E-state index contributed by atoms with van der Waals surface area (Å²) in [5, 5.41) is 9.89. The molecule has 0 saturated heterocycles. The van der Waals surface area contributed by atoms with Crippen molar-refractivity contribution < 1.29 is 17.6 Å². The lowest BCUT2D eigenvalue weighted by molar-refractivity contribution is -0.123. The van der Waals surface area contributed by atoms with Gasteiger partial charge in [0, 0.05) is 34.3 Å². The van der Waals surface area contributed by atoms with Crippen molar-refractivity contribution in [2.75, 3.05) is 11.6 Å². The fraction of sp³-hybridized carbons (Fsp3) is 0.188. The van der Waals surface area contributed by atoms with Crippen LogP contribution in [0.25, 0.3) is 55.7 Å². The van der Waals surface area contributed by atoms with E-state index in [0.717, 1.165) is 34.3 Å². The van der Waals surface area contributed by atoms with Crippen LogP contribution in [0, 0.1) is 11.2 Å². The first kappa shape index (κ1) is 29.1. The Hall–Kier alpha value is -4.94. The second-order valence-electron chi connectivity index (χ2n) is 11.8. The summed E-state index contributed by atoms with van der Waals surface area (Å²) in [5.74, 6) is -0.709. The number of halogens is 1. The van der Waals surface area contributed by atoms with Crippen LogP contribution in [-0.4, -0.2) is 45.7 Å². The molecule has 1 amide bonds. The number of sulfone groups is 1. The lowest BCUT2D eigenvalue weighted by Gasteiger charge is -2.17. The van der Waals surface area contributed by atoms with Gasteiger partial charge in [0.15, 0.2) is 9.84 Å². The number of H-pyrrole nitrogens is 2. The second-order valence-corrected chi connectivity index (χ2v) is 14.0. The number of pyridine rings is 2. The first-order chi connectivity index (χ1) is 20.8. The molecule has 0 saturated carbocycles. The fourth-order valence-corrected chi connectivity index (χ4v) is 5.56. The quantitative estimate of drug-likeness (QED) is 0.181. The average Bonchev–Trinajstić information content (AvgIpc) is 3.59. The van der Waals surface area contributed by atoms with Crippen molar-refractivity contribution in [2.45, 2.75) is 26.1 Å². The number of aromatic nitrogens is 5. The molecule has 6 rings (SSSR count). The van der Waals surface area contributed by atoms with E-state index in [0.29, 0.717) is 39.4 Å². The number of aromatic amines is 2. The van der Waals surface area contributed by atoms with E-state index in [1.165, 1.54) is 6.07 Å². The molecule has 0 aliphatic carbocycles. The Kier molecular flexibility index (Phi) is 7.05. The van der Waals surface area contributed by atoms with Crippen molar-refractivity contribution in [1.82, 2.24) is 25.1 Å². The summed E-state index contributed by atoms with van der Waals surface area (Å²) < 4.78 is 38.8. The maximum atomic E-state index is 14.7. The van der Waals surface area contributed by atoms with Gasteiger partial charge in [0.25, 0.3) is 0 Å². The second kappa shape index (κ2) is 10.6. The highest BCUT2D eigenvalue weighted by atomic mass is 32.2. The molecule has 0 aliphatic heterocycles. The van der Waals surface area contributed by atoms with Crippen LogP contribution in [0.4, 0.5) is 10.1 Å². The maximum Gasteiger partial charge on any atom is 0.229 e. The summed E-state index contributed by atoms with van der Waals surface area (Å²) in [6.45, 7) is 5.52. The van der Waals surface area contributed by atoms with Gasteiger partial charge in [-0.2, -0.15) is 5.10 Å². The van der Waals surface area contributed by atoms with Crippen LogP contribution < -0.4 is 11.1 Å². The number of anilines is 1. The van der Waals surface area contributed by atoms with Crippen molar-refractivity contribution >= 4 is 43.4 Å². The summed E-state index contributed by atoms with van der Waals surface area (Å²) in [6, 6.07) is 17.1. The number of hydrogen-bond donors (Lipinski definition) is 4. The molecule has 2 aromatic carbocycles. The van der Waals surface area contributed by atoms with Gasteiger partial charge in [0.1, 0.15) is 22.4 Å². The predicted molar refractivity (Wildman–Crippen MR) is 170 cm³/mol. The average molecular weight is 612 g/mol.